The first-order chi connectivity index (χ1) is 8.01. The Morgan fingerprint density at radius 1 is 1.53 bits per heavy atom. The van der Waals surface area contributed by atoms with Crippen molar-refractivity contribution in [1.29, 1.82) is 0 Å². The highest BCUT2D eigenvalue weighted by atomic mass is 19.1. The quantitative estimate of drug-likeness (QED) is 0.463. The number of likely N-dealkylation sites (N-methyl/N-ethyl adjacent to an activating group) is 1. The molecule has 2 nitrogen and oxygen atoms in total. The van der Waals surface area contributed by atoms with Gasteiger partial charge in [-0.15, -0.1) is 6.42 Å². The molecule has 0 spiro atoms. The first-order valence-electron chi connectivity index (χ1n) is 5.33. The summed E-state index contributed by atoms with van der Waals surface area (Å²) in [5.74, 6) is 2.03. The monoisotopic (exact) mass is 231 g/mol. The minimum absolute atomic E-state index is 0.440. The van der Waals surface area contributed by atoms with Gasteiger partial charge in [-0.05, 0) is 19.0 Å². The second kappa shape index (κ2) is 5.86. The fraction of sp³-hybridized carbons (Fsp3) is 0.385. The average molecular weight is 231 g/mol. The zero-order chi connectivity index (χ0) is 12.9. The van der Waals surface area contributed by atoms with E-state index in [0.717, 1.165) is 5.56 Å². The van der Waals surface area contributed by atoms with Gasteiger partial charge in [0.05, 0.1) is 0 Å². The van der Waals surface area contributed by atoms with E-state index in [2.05, 4.69) is 0 Å². The molecule has 17 heavy (non-hydrogen) atoms. The number of nitrogens with zero attached hydrogens (tertiary/aromatic N) is 1. The summed E-state index contributed by atoms with van der Waals surface area (Å²) in [5.41, 5.74) is -0.958. The molecule has 88 valence electrons. The van der Waals surface area contributed by atoms with Gasteiger partial charge < -0.3 is 5.11 Å². The van der Waals surface area contributed by atoms with Crippen LogP contribution in [0.5, 0.6) is 0 Å². The van der Waals surface area contributed by atoms with E-state index in [0.29, 0.717) is 6.42 Å². The maximum absolute atomic E-state index is 13.0. The lowest BCUT2D eigenvalue weighted by Gasteiger charge is -2.35. The number of halogens is 1. The predicted molar refractivity (Wildman–Crippen MR) is 67.2 cm³/mol. The van der Waals surface area contributed by atoms with Crippen molar-refractivity contribution < 1.29 is 9.50 Å². The highest BCUT2D eigenvalue weighted by Gasteiger charge is 2.29. The molecule has 0 amide bonds. The normalized spacial score (nSPS) is 16.2. The lowest BCUT2D eigenvalue weighted by Crippen LogP contribution is -2.52. The third-order valence-corrected chi connectivity index (χ3v) is 2.79. The van der Waals surface area contributed by atoms with Gasteiger partial charge in [0, 0.05) is 6.04 Å². The van der Waals surface area contributed by atoms with Crippen LogP contribution in [-0.2, 0) is 6.42 Å². The summed E-state index contributed by atoms with van der Waals surface area (Å²) in [5, 5.41) is 9.67. The SMILES string of the molecule is [B]C(O)(C#C)N(C)[C@H](CF)Cc1ccccc1. The largest absolute Gasteiger partial charge is 0.374 e. The molecular weight excluding hydrogens is 216 g/mol. The van der Waals surface area contributed by atoms with Crippen LogP contribution in [-0.4, -0.2) is 43.2 Å². The van der Waals surface area contributed by atoms with Crippen LogP contribution in [0.2, 0.25) is 0 Å². The lowest BCUT2D eigenvalue weighted by molar-refractivity contribution is -0.00624. The van der Waals surface area contributed by atoms with Crippen molar-refractivity contribution in [3.8, 4) is 12.3 Å². The molecule has 2 radical (unpaired) electrons. The second-order valence-electron chi connectivity index (χ2n) is 3.98. The van der Waals surface area contributed by atoms with Gasteiger partial charge in [0.1, 0.15) is 12.3 Å². The van der Waals surface area contributed by atoms with E-state index >= 15 is 0 Å². The number of terminal acetylenes is 1. The number of benzene rings is 1. The van der Waals surface area contributed by atoms with Crippen molar-refractivity contribution in [1.82, 2.24) is 4.90 Å². The van der Waals surface area contributed by atoms with Crippen molar-refractivity contribution in [3.63, 3.8) is 0 Å². The van der Waals surface area contributed by atoms with E-state index in [1.54, 1.807) is 0 Å². The number of rotatable bonds is 5. The van der Waals surface area contributed by atoms with Crippen molar-refractivity contribution in [2.75, 3.05) is 13.7 Å². The van der Waals surface area contributed by atoms with Crippen LogP contribution in [0.15, 0.2) is 30.3 Å². The molecule has 4 heteroatoms. The van der Waals surface area contributed by atoms with Crippen molar-refractivity contribution in [2.45, 2.75) is 18.1 Å². The Labute approximate surface area is 103 Å². The van der Waals surface area contributed by atoms with Gasteiger partial charge in [0.2, 0.25) is 0 Å². The molecule has 1 aromatic rings. The number of hydrogen-bond donors (Lipinski definition) is 1. The van der Waals surface area contributed by atoms with E-state index in [9.17, 15) is 9.50 Å². The summed E-state index contributed by atoms with van der Waals surface area (Å²) in [6, 6.07) is 8.87. The number of aliphatic hydroxyl groups is 1. The minimum atomic E-state index is -1.93. The minimum Gasteiger partial charge on any atom is -0.374 e. The number of alkyl halides is 1. The Hall–Kier alpha value is -1.31. The van der Waals surface area contributed by atoms with Gasteiger partial charge in [-0.25, -0.2) is 4.39 Å². The molecule has 0 fully saturated rings. The summed E-state index contributed by atoms with van der Waals surface area (Å²) < 4.78 is 13.0. The molecule has 1 aromatic carbocycles. The summed E-state index contributed by atoms with van der Waals surface area (Å²) in [7, 11) is 6.98. The Kier molecular flexibility index (Phi) is 4.74. The van der Waals surface area contributed by atoms with Crippen LogP contribution in [0.3, 0.4) is 0 Å². The molecular formula is C13H15BFNO. The summed E-state index contributed by atoms with van der Waals surface area (Å²) in [6.45, 7) is -0.632. The summed E-state index contributed by atoms with van der Waals surface area (Å²) in [6.07, 6.45) is 5.54. The molecule has 2 atom stereocenters. The predicted octanol–water partition coefficient (Wildman–Crippen LogP) is 0.947. The average Bonchev–Trinajstić information content (AvgIpc) is 2.36. The Morgan fingerprint density at radius 3 is 2.59 bits per heavy atom. The molecule has 0 saturated heterocycles. The third kappa shape index (κ3) is 3.59. The fourth-order valence-corrected chi connectivity index (χ4v) is 1.56. The first-order valence-corrected chi connectivity index (χ1v) is 5.33. The number of hydrogen-bond acceptors (Lipinski definition) is 2. The topological polar surface area (TPSA) is 23.5 Å². The molecule has 0 saturated carbocycles. The zero-order valence-corrected chi connectivity index (χ0v) is 9.81. The van der Waals surface area contributed by atoms with Crippen molar-refractivity contribution in [3.05, 3.63) is 35.9 Å². The van der Waals surface area contributed by atoms with Crippen LogP contribution in [0, 0.1) is 12.3 Å². The highest BCUT2D eigenvalue weighted by Crippen LogP contribution is 2.14. The standard InChI is InChI=1S/C13H15BFNO/c1-3-13(14,17)16(2)12(10-15)9-11-7-5-4-6-8-11/h1,4-8,12,17H,9-10H2,2H3/t12-,13?/m0/s1. The fourth-order valence-electron chi connectivity index (χ4n) is 1.56. The van der Waals surface area contributed by atoms with E-state index in [1.807, 2.05) is 36.3 Å². The van der Waals surface area contributed by atoms with E-state index < -0.39 is 18.3 Å². The van der Waals surface area contributed by atoms with Gasteiger partial charge in [-0.2, -0.15) is 0 Å². The third-order valence-electron chi connectivity index (χ3n) is 2.79. The first kappa shape index (κ1) is 13.8. The zero-order valence-electron chi connectivity index (χ0n) is 9.81. The van der Waals surface area contributed by atoms with Gasteiger partial charge in [-0.3, -0.25) is 4.90 Å². The second-order valence-corrected chi connectivity index (χ2v) is 3.98. The van der Waals surface area contributed by atoms with Gasteiger partial charge >= 0.3 is 0 Å². The highest BCUT2D eigenvalue weighted by molar-refractivity contribution is 6.16. The Bertz CT molecular complexity index is 388. The van der Waals surface area contributed by atoms with Crippen LogP contribution < -0.4 is 0 Å². The molecule has 1 unspecified atom stereocenters. The molecule has 0 aliphatic carbocycles. The van der Waals surface area contributed by atoms with Crippen LogP contribution in [0.4, 0.5) is 4.39 Å². The maximum atomic E-state index is 13.0. The van der Waals surface area contributed by atoms with Gasteiger partial charge in [-0.1, -0.05) is 36.3 Å². The van der Waals surface area contributed by atoms with E-state index in [4.69, 9.17) is 14.3 Å². The van der Waals surface area contributed by atoms with Gasteiger partial charge in [0.25, 0.3) is 0 Å². The molecule has 0 aromatic heterocycles. The smallest absolute Gasteiger partial charge is 0.154 e. The molecule has 0 aliphatic heterocycles. The summed E-state index contributed by atoms with van der Waals surface area (Å²) >= 11 is 0. The van der Waals surface area contributed by atoms with Crippen molar-refractivity contribution >= 4 is 7.85 Å². The van der Waals surface area contributed by atoms with E-state index in [1.165, 1.54) is 11.9 Å². The van der Waals surface area contributed by atoms with Crippen LogP contribution in [0.1, 0.15) is 5.56 Å². The van der Waals surface area contributed by atoms with Crippen molar-refractivity contribution in [2.24, 2.45) is 0 Å². The van der Waals surface area contributed by atoms with Crippen LogP contribution >= 0.6 is 0 Å². The molecule has 0 aliphatic rings. The van der Waals surface area contributed by atoms with Gasteiger partial charge in [0.15, 0.2) is 7.85 Å². The molecule has 1 rings (SSSR count). The van der Waals surface area contributed by atoms with Crippen LogP contribution in [0.25, 0.3) is 0 Å². The Balaban J connectivity index is 2.77. The molecule has 0 bridgehead atoms. The van der Waals surface area contributed by atoms with E-state index in [-0.39, 0.29) is 0 Å². The lowest BCUT2D eigenvalue weighted by atomic mass is 9.88. The summed E-state index contributed by atoms with van der Waals surface area (Å²) in [4.78, 5) is 1.26. The molecule has 0 heterocycles. The Morgan fingerprint density at radius 2 is 2.12 bits per heavy atom. The maximum Gasteiger partial charge on any atom is 0.154 e. The molecule has 1 N–H and O–H groups in total.